The summed E-state index contributed by atoms with van der Waals surface area (Å²) in [6.45, 7) is -0.174. The van der Waals surface area contributed by atoms with Crippen LogP contribution in [0.5, 0.6) is 5.75 Å². The van der Waals surface area contributed by atoms with Gasteiger partial charge in [0.25, 0.3) is 5.56 Å². The number of fused-ring (bicyclic) bond motifs is 1. The Bertz CT molecular complexity index is 1090. The van der Waals surface area contributed by atoms with Crippen molar-refractivity contribution in [2.24, 2.45) is 0 Å². The molecule has 0 aliphatic carbocycles. The van der Waals surface area contributed by atoms with E-state index >= 15 is 0 Å². The Labute approximate surface area is 181 Å². The zero-order valence-corrected chi connectivity index (χ0v) is 17.4. The lowest BCUT2D eigenvalue weighted by atomic mass is 10.2. The fourth-order valence-corrected chi connectivity index (χ4v) is 4.37. The first-order valence-corrected chi connectivity index (χ1v) is 10.9. The summed E-state index contributed by atoms with van der Waals surface area (Å²) < 4.78 is 49.0. The smallest absolute Gasteiger partial charge is 0.422 e. The largest absolute Gasteiger partial charge is 0.484 e. The SMILES string of the molecule is O=c1c2ccccc2nc(SCc2ccc(OCC(F)(F)F)cc2)n1CC1CCCO1. The number of hydrogen-bond donors (Lipinski definition) is 0. The molecular formula is C22H21F3N2O3S. The van der Waals surface area contributed by atoms with E-state index in [4.69, 9.17) is 9.47 Å². The standard InChI is InChI=1S/C22H21F3N2O3S/c23-22(24,25)14-30-16-9-7-15(8-10-16)13-31-21-26-19-6-2-1-5-18(19)20(28)27(21)12-17-4-3-11-29-17/h1-2,5-10,17H,3-4,11-14H2. The quantitative estimate of drug-likeness (QED) is 0.382. The zero-order valence-electron chi connectivity index (χ0n) is 16.6. The van der Waals surface area contributed by atoms with Gasteiger partial charge < -0.3 is 9.47 Å². The third-order valence-electron chi connectivity index (χ3n) is 4.93. The molecule has 1 aliphatic rings. The van der Waals surface area contributed by atoms with Gasteiger partial charge in [-0.25, -0.2) is 4.98 Å². The fourth-order valence-electron chi connectivity index (χ4n) is 3.41. The molecular weight excluding hydrogens is 429 g/mol. The predicted molar refractivity (Wildman–Crippen MR) is 113 cm³/mol. The van der Waals surface area contributed by atoms with E-state index < -0.39 is 12.8 Å². The lowest BCUT2D eigenvalue weighted by molar-refractivity contribution is -0.153. The van der Waals surface area contributed by atoms with Gasteiger partial charge in [0.05, 0.1) is 23.6 Å². The molecule has 1 atom stereocenters. The maximum absolute atomic E-state index is 13.1. The van der Waals surface area contributed by atoms with E-state index in [-0.39, 0.29) is 17.4 Å². The molecule has 1 aliphatic heterocycles. The van der Waals surface area contributed by atoms with Crippen molar-refractivity contribution in [3.8, 4) is 5.75 Å². The number of thioether (sulfide) groups is 1. The molecule has 0 radical (unpaired) electrons. The molecule has 0 N–H and O–H groups in total. The van der Waals surface area contributed by atoms with Crippen LogP contribution >= 0.6 is 11.8 Å². The van der Waals surface area contributed by atoms with Gasteiger partial charge in [0, 0.05) is 12.4 Å². The number of ether oxygens (including phenoxy) is 2. The van der Waals surface area contributed by atoms with Gasteiger partial charge in [0.15, 0.2) is 11.8 Å². The van der Waals surface area contributed by atoms with E-state index in [1.165, 1.54) is 23.9 Å². The minimum Gasteiger partial charge on any atom is -0.484 e. The van der Waals surface area contributed by atoms with Crippen LogP contribution in [0.4, 0.5) is 13.2 Å². The minimum atomic E-state index is -4.37. The van der Waals surface area contributed by atoms with Crippen LogP contribution in [0.2, 0.25) is 0 Å². The Morgan fingerprint density at radius 2 is 1.94 bits per heavy atom. The summed E-state index contributed by atoms with van der Waals surface area (Å²) >= 11 is 1.41. The highest BCUT2D eigenvalue weighted by molar-refractivity contribution is 7.98. The summed E-state index contributed by atoms with van der Waals surface area (Å²) in [7, 11) is 0. The molecule has 31 heavy (non-hydrogen) atoms. The van der Waals surface area contributed by atoms with Crippen LogP contribution in [0.25, 0.3) is 10.9 Å². The Morgan fingerprint density at radius 1 is 1.16 bits per heavy atom. The van der Waals surface area contributed by atoms with Gasteiger partial charge in [-0.3, -0.25) is 9.36 Å². The minimum absolute atomic E-state index is 0.00919. The van der Waals surface area contributed by atoms with Crippen molar-refractivity contribution in [3.05, 3.63) is 64.4 Å². The summed E-state index contributed by atoms with van der Waals surface area (Å²) in [5.74, 6) is 0.667. The molecule has 164 valence electrons. The number of rotatable bonds is 7. The lowest BCUT2D eigenvalue weighted by Crippen LogP contribution is -2.28. The van der Waals surface area contributed by atoms with E-state index in [1.54, 1.807) is 22.8 Å². The summed E-state index contributed by atoms with van der Waals surface area (Å²) in [6, 6.07) is 13.7. The first-order valence-electron chi connectivity index (χ1n) is 9.91. The average Bonchev–Trinajstić information content (AvgIpc) is 3.26. The summed E-state index contributed by atoms with van der Waals surface area (Å²) in [6.07, 6.45) is -2.50. The topological polar surface area (TPSA) is 53.3 Å². The molecule has 4 rings (SSSR count). The van der Waals surface area contributed by atoms with Gasteiger partial charge in [-0.15, -0.1) is 0 Å². The molecule has 0 spiro atoms. The maximum Gasteiger partial charge on any atom is 0.422 e. The van der Waals surface area contributed by atoms with E-state index in [0.717, 1.165) is 18.4 Å². The van der Waals surface area contributed by atoms with E-state index in [9.17, 15) is 18.0 Å². The summed E-state index contributed by atoms with van der Waals surface area (Å²) in [5.41, 5.74) is 1.42. The molecule has 1 aromatic heterocycles. The number of nitrogens with zero attached hydrogens (tertiary/aromatic N) is 2. The van der Waals surface area contributed by atoms with E-state index in [0.29, 0.717) is 35.0 Å². The van der Waals surface area contributed by atoms with Crippen LogP contribution in [0.15, 0.2) is 58.5 Å². The van der Waals surface area contributed by atoms with Gasteiger partial charge in [-0.05, 0) is 42.7 Å². The van der Waals surface area contributed by atoms with Crippen molar-refractivity contribution in [1.29, 1.82) is 0 Å². The van der Waals surface area contributed by atoms with Crippen LogP contribution in [0.1, 0.15) is 18.4 Å². The number of hydrogen-bond acceptors (Lipinski definition) is 5. The maximum atomic E-state index is 13.1. The van der Waals surface area contributed by atoms with Gasteiger partial charge in [-0.1, -0.05) is 36.0 Å². The van der Waals surface area contributed by atoms with Crippen molar-refractivity contribution >= 4 is 22.7 Å². The van der Waals surface area contributed by atoms with Crippen LogP contribution in [-0.4, -0.2) is 35.0 Å². The Balaban J connectivity index is 1.52. The monoisotopic (exact) mass is 450 g/mol. The van der Waals surface area contributed by atoms with Crippen LogP contribution in [-0.2, 0) is 17.0 Å². The molecule has 0 bridgehead atoms. The van der Waals surface area contributed by atoms with Gasteiger partial charge in [-0.2, -0.15) is 13.2 Å². The third kappa shape index (κ3) is 5.59. The lowest BCUT2D eigenvalue weighted by Gasteiger charge is -2.16. The first kappa shape index (κ1) is 21.7. The average molecular weight is 450 g/mol. The highest BCUT2D eigenvalue weighted by Crippen LogP contribution is 2.25. The highest BCUT2D eigenvalue weighted by atomic mass is 32.2. The molecule has 3 aromatic rings. The Hall–Kier alpha value is -2.52. The van der Waals surface area contributed by atoms with Crippen molar-refractivity contribution < 1.29 is 22.6 Å². The Kier molecular flexibility index (Phi) is 6.52. The molecule has 2 aromatic carbocycles. The number of benzene rings is 2. The fraction of sp³-hybridized carbons (Fsp3) is 0.364. The molecule has 0 saturated carbocycles. The second kappa shape index (κ2) is 9.32. The van der Waals surface area contributed by atoms with E-state index in [2.05, 4.69) is 4.98 Å². The number of alkyl halides is 3. The highest BCUT2D eigenvalue weighted by Gasteiger charge is 2.28. The van der Waals surface area contributed by atoms with Crippen molar-refractivity contribution in [2.45, 2.75) is 42.6 Å². The Morgan fingerprint density at radius 3 is 2.65 bits per heavy atom. The van der Waals surface area contributed by atoms with Gasteiger partial charge in [0.1, 0.15) is 5.75 Å². The van der Waals surface area contributed by atoms with Crippen LogP contribution in [0, 0.1) is 0 Å². The molecule has 5 nitrogen and oxygen atoms in total. The van der Waals surface area contributed by atoms with Gasteiger partial charge >= 0.3 is 6.18 Å². The summed E-state index contributed by atoms with van der Waals surface area (Å²) in [5, 5.41) is 1.16. The molecule has 1 fully saturated rings. The van der Waals surface area contributed by atoms with Crippen LogP contribution < -0.4 is 10.3 Å². The normalized spacial score (nSPS) is 16.7. The molecule has 0 amide bonds. The third-order valence-corrected chi connectivity index (χ3v) is 5.98. The molecule has 1 unspecified atom stereocenters. The van der Waals surface area contributed by atoms with Crippen LogP contribution in [0.3, 0.4) is 0 Å². The van der Waals surface area contributed by atoms with E-state index in [1.807, 2.05) is 18.2 Å². The summed E-state index contributed by atoms with van der Waals surface area (Å²) in [4.78, 5) is 17.8. The number of aromatic nitrogens is 2. The predicted octanol–water partition coefficient (Wildman–Crippen LogP) is 4.81. The number of halogens is 3. The second-order valence-electron chi connectivity index (χ2n) is 7.30. The van der Waals surface area contributed by atoms with Crippen molar-refractivity contribution in [3.63, 3.8) is 0 Å². The zero-order chi connectivity index (χ0) is 21.8. The molecule has 9 heteroatoms. The van der Waals surface area contributed by atoms with Crippen molar-refractivity contribution in [2.75, 3.05) is 13.2 Å². The second-order valence-corrected chi connectivity index (χ2v) is 8.24. The van der Waals surface area contributed by atoms with Crippen molar-refractivity contribution in [1.82, 2.24) is 9.55 Å². The van der Waals surface area contributed by atoms with Gasteiger partial charge in [0.2, 0.25) is 0 Å². The first-order chi connectivity index (χ1) is 14.9. The molecule has 1 saturated heterocycles. The number of para-hydroxylation sites is 1. The molecule has 2 heterocycles.